The van der Waals surface area contributed by atoms with Crippen LogP contribution in [0.3, 0.4) is 0 Å². The monoisotopic (exact) mass is 605 g/mol. The summed E-state index contributed by atoms with van der Waals surface area (Å²) >= 11 is 3.46. The van der Waals surface area contributed by atoms with Gasteiger partial charge in [-0.3, -0.25) is 9.20 Å². The van der Waals surface area contributed by atoms with Gasteiger partial charge in [-0.15, -0.1) is 0 Å². The Labute approximate surface area is 238 Å². The Morgan fingerprint density at radius 3 is 2.58 bits per heavy atom. The molecule has 2 aliphatic rings. The Kier molecular flexibility index (Phi) is 7.99. The summed E-state index contributed by atoms with van der Waals surface area (Å²) < 4.78 is 8.68. The fourth-order valence-corrected chi connectivity index (χ4v) is 5.92. The zero-order chi connectivity index (χ0) is 28.4. The zero-order valence-corrected chi connectivity index (χ0v) is 23.4. The van der Waals surface area contributed by atoms with Crippen LogP contribution in [0.15, 0.2) is 76.1 Å². The van der Waals surface area contributed by atoms with Gasteiger partial charge in [0.25, 0.3) is 5.56 Å². The smallest absolute Gasteiger partial charge is 0.328 e. The molecule has 2 aliphatic heterocycles. The van der Waals surface area contributed by atoms with Gasteiger partial charge in [0.15, 0.2) is 0 Å². The number of aliphatic carboxylic acids is 2. The van der Waals surface area contributed by atoms with Crippen LogP contribution in [0.2, 0.25) is 0 Å². The summed E-state index contributed by atoms with van der Waals surface area (Å²) in [6.07, 6.45) is 3.62. The first kappa shape index (κ1) is 27.5. The number of aryl methyl sites for hydroxylation is 1. The Morgan fingerprint density at radius 1 is 1.07 bits per heavy atom. The van der Waals surface area contributed by atoms with Crippen LogP contribution in [-0.2, 0) is 16.0 Å². The van der Waals surface area contributed by atoms with Crippen LogP contribution in [0.4, 0.5) is 0 Å². The minimum Gasteiger partial charge on any atom is -0.493 e. The number of hydrogen-bond donors (Lipinski definition) is 2. The number of ether oxygens (including phenoxy) is 1. The number of nitrogens with zero attached hydrogens (tertiary/aromatic N) is 3. The molecule has 4 aromatic rings. The van der Waals surface area contributed by atoms with Crippen LogP contribution in [0.5, 0.6) is 5.75 Å². The van der Waals surface area contributed by atoms with Crippen molar-refractivity contribution >= 4 is 44.3 Å². The van der Waals surface area contributed by atoms with E-state index in [4.69, 9.17) is 14.9 Å². The number of carboxylic acid groups (broad SMARTS) is 2. The largest absolute Gasteiger partial charge is 0.493 e. The maximum atomic E-state index is 13.1. The number of likely N-dealkylation sites (tertiary alicyclic amines) is 1. The minimum atomic E-state index is -1.26. The minimum absolute atomic E-state index is 0.0325. The highest BCUT2D eigenvalue weighted by atomic mass is 79.9. The van der Waals surface area contributed by atoms with Crippen molar-refractivity contribution in [2.75, 3.05) is 26.2 Å². The number of fused-ring (bicyclic) bond motifs is 6. The van der Waals surface area contributed by atoms with Crippen molar-refractivity contribution in [3.05, 3.63) is 98.5 Å². The molecule has 2 aromatic heterocycles. The molecule has 0 spiro atoms. The number of aromatic nitrogens is 2. The van der Waals surface area contributed by atoms with E-state index in [-0.39, 0.29) is 5.56 Å². The van der Waals surface area contributed by atoms with Crippen molar-refractivity contribution in [1.29, 1.82) is 0 Å². The lowest BCUT2D eigenvalue weighted by atomic mass is 9.84. The molecule has 0 aliphatic carbocycles. The number of halogens is 1. The highest BCUT2D eigenvalue weighted by molar-refractivity contribution is 9.10. The van der Waals surface area contributed by atoms with Crippen molar-refractivity contribution < 1.29 is 24.5 Å². The first-order valence-electron chi connectivity index (χ1n) is 12.9. The van der Waals surface area contributed by atoms with Gasteiger partial charge in [0.2, 0.25) is 0 Å². The molecule has 0 saturated carbocycles. The van der Waals surface area contributed by atoms with E-state index in [2.05, 4.69) is 62.2 Å². The molecule has 2 N–H and O–H groups in total. The van der Waals surface area contributed by atoms with E-state index in [0.29, 0.717) is 36.1 Å². The number of carboxylic acids is 2. The highest BCUT2D eigenvalue weighted by Crippen LogP contribution is 2.45. The maximum Gasteiger partial charge on any atom is 0.328 e. The molecular formula is C30H28BrN3O6. The number of hydrogen-bond acceptors (Lipinski definition) is 6. The van der Waals surface area contributed by atoms with Crippen molar-refractivity contribution in [2.24, 2.45) is 5.92 Å². The Bertz CT molecular complexity index is 1680. The second kappa shape index (κ2) is 11.6. The SMILES string of the molecule is Cc1nc2ccc(Br)cn2c(=O)c1CCN1C[C@@H]2COc3ccc4ccccc4c3[C@@H]2C1.O=C(O)/C=C/C(=O)O. The van der Waals surface area contributed by atoms with Crippen LogP contribution in [-0.4, -0.2) is 62.7 Å². The zero-order valence-electron chi connectivity index (χ0n) is 21.8. The predicted molar refractivity (Wildman–Crippen MR) is 154 cm³/mol. The summed E-state index contributed by atoms with van der Waals surface area (Å²) in [5.41, 5.74) is 3.71. The first-order valence-corrected chi connectivity index (χ1v) is 13.7. The molecular weight excluding hydrogens is 578 g/mol. The molecule has 206 valence electrons. The van der Waals surface area contributed by atoms with Crippen molar-refractivity contribution in [3.63, 3.8) is 0 Å². The molecule has 9 nitrogen and oxygen atoms in total. The van der Waals surface area contributed by atoms with E-state index in [9.17, 15) is 14.4 Å². The Morgan fingerprint density at radius 2 is 1.82 bits per heavy atom. The third-order valence-electron chi connectivity index (χ3n) is 7.40. The quantitative estimate of drug-likeness (QED) is 0.323. The van der Waals surface area contributed by atoms with Gasteiger partial charge in [0.1, 0.15) is 11.4 Å². The average molecular weight is 606 g/mol. The number of carbonyl (C=O) groups is 2. The van der Waals surface area contributed by atoms with Crippen LogP contribution >= 0.6 is 15.9 Å². The summed E-state index contributed by atoms with van der Waals surface area (Å²) in [5.74, 6) is -0.524. The second-order valence-corrected chi connectivity index (χ2v) is 10.9. The molecule has 10 heteroatoms. The van der Waals surface area contributed by atoms with Crippen molar-refractivity contribution in [1.82, 2.24) is 14.3 Å². The molecule has 1 fully saturated rings. The molecule has 4 heterocycles. The van der Waals surface area contributed by atoms with E-state index in [1.165, 1.54) is 16.3 Å². The van der Waals surface area contributed by atoms with Gasteiger partial charge in [-0.25, -0.2) is 14.6 Å². The maximum absolute atomic E-state index is 13.1. The summed E-state index contributed by atoms with van der Waals surface area (Å²) in [6, 6.07) is 16.7. The number of pyridine rings is 1. The lowest BCUT2D eigenvalue weighted by molar-refractivity contribution is -0.134. The van der Waals surface area contributed by atoms with Gasteiger partial charge in [-0.2, -0.15) is 0 Å². The molecule has 1 saturated heterocycles. The van der Waals surface area contributed by atoms with Gasteiger partial charge in [-0.05, 0) is 58.2 Å². The molecule has 0 radical (unpaired) electrons. The van der Waals surface area contributed by atoms with Gasteiger partial charge in [0.05, 0.1) is 6.61 Å². The molecule has 0 unspecified atom stereocenters. The van der Waals surface area contributed by atoms with E-state index < -0.39 is 11.9 Å². The molecule has 0 amide bonds. The fraction of sp³-hybridized carbons (Fsp3) is 0.267. The van der Waals surface area contributed by atoms with Crippen molar-refractivity contribution in [2.45, 2.75) is 19.3 Å². The highest BCUT2D eigenvalue weighted by Gasteiger charge is 2.39. The van der Waals surface area contributed by atoms with Crippen LogP contribution in [0.1, 0.15) is 22.7 Å². The normalized spacial score (nSPS) is 18.1. The first-order chi connectivity index (χ1) is 19.2. The number of benzene rings is 2. The van der Waals surface area contributed by atoms with Crippen LogP contribution in [0, 0.1) is 12.8 Å². The summed E-state index contributed by atoms with van der Waals surface area (Å²) in [7, 11) is 0. The summed E-state index contributed by atoms with van der Waals surface area (Å²) in [4.78, 5) is 39.4. The third kappa shape index (κ3) is 5.78. The third-order valence-corrected chi connectivity index (χ3v) is 7.87. The predicted octanol–water partition coefficient (Wildman–Crippen LogP) is 4.28. The molecule has 6 rings (SSSR count). The van der Waals surface area contributed by atoms with Crippen LogP contribution in [0.25, 0.3) is 16.4 Å². The number of rotatable bonds is 5. The second-order valence-electron chi connectivity index (χ2n) is 9.95. The van der Waals surface area contributed by atoms with Gasteiger partial charge >= 0.3 is 11.9 Å². The van der Waals surface area contributed by atoms with Gasteiger partial charge in [0, 0.05) is 71.1 Å². The van der Waals surface area contributed by atoms with E-state index in [0.717, 1.165) is 47.7 Å². The lowest BCUT2D eigenvalue weighted by Crippen LogP contribution is -2.28. The van der Waals surface area contributed by atoms with Gasteiger partial charge < -0.3 is 19.8 Å². The average Bonchev–Trinajstić information content (AvgIpc) is 3.35. The topological polar surface area (TPSA) is 121 Å². The molecule has 2 atom stereocenters. The molecule has 0 bridgehead atoms. The van der Waals surface area contributed by atoms with E-state index >= 15 is 0 Å². The Hall–Kier alpha value is -4.02. The Balaban J connectivity index is 0.000000355. The summed E-state index contributed by atoms with van der Waals surface area (Å²) in [5, 5.41) is 18.2. The van der Waals surface area contributed by atoms with E-state index in [1.807, 2.05) is 19.1 Å². The fourth-order valence-electron chi connectivity index (χ4n) is 5.58. The van der Waals surface area contributed by atoms with Crippen LogP contribution < -0.4 is 10.3 Å². The van der Waals surface area contributed by atoms with Crippen molar-refractivity contribution in [3.8, 4) is 5.75 Å². The van der Waals surface area contributed by atoms with E-state index in [1.54, 1.807) is 10.6 Å². The summed E-state index contributed by atoms with van der Waals surface area (Å²) in [6.45, 7) is 5.56. The van der Waals surface area contributed by atoms with Gasteiger partial charge in [-0.1, -0.05) is 30.3 Å². The molecule has 40 heavy (non-hydrogen) atoms. The standard InChI is InChI=1S/C26H24BrN3O2.C4H4O4/c1-16-20(26(31)30-13-19(27)7-9-24(30)28-16)10-11-29-12-18-15-32-23-8-6-17-4-2-3-5-21(17)25(23)22(18)14-29;5-3(6)1-2-4(7)8/h2-9,13,18,22H,10-12,14-15H2,1H3;1-2H,(H,5,6)(H,7,8)/b;2-1+/t18-,22-;/m1./s1. The lowest BCUT2D eigenvalue weighted by Gasteiger charge is -2.29. The molecule has 2 aromatic carbocycles.